The van der Waals surface area contributed by atoms with Crippen LogP contribution >= 0.6 is 0 Å². The maximum absolute atomic E-state index is 12.9. The highest BCUT2D eigenvalue weighted by Gasteiger charge is 2.28. The van der Waals surface area contributed by atoms with E-state index in [0.717, 1.165) is 18.7 Å². The molecule has 0 radical (unpaired) electrons. The van der Waals surface area contributed by atoms with Crippen LogP contribution < -0.4 is 5.32 Å². The number of nitrogens with zero attached hydrogens (tertiary/aromatic N) is 2. The minimum Gasteiger partial charge on any atom is -0.508 e. The number of phenolic OH excluding ortho intramolecular Hbond substituents is 1. The number of aromatic nitrogens is 2. The topological polar surface area (TPSA) is 92.2 Å². The molecule has 0 atom stereocenters. The van der Waals surface area contributed by atoms with E-state index in [4.69, 9.17) is 0 Å². The summed E-state index contributed by atoms with van der Waals surface area (Å²) in [6, 6.07) is 13.5. The lowest BCUT2D eigenvalue weighted by atomic mass is 10.1. The molecule has 2 heterocycles. The Bertz CT molecular complexity index is 1270. The Morgan fingerprint density at radius 1 is 1.10 bits per heavy atom. The average Bonchev–Trinajstić information content (AvgIpc) is 2.79. The summed E-state index contributed by atoms with van der Waals surface area (Å²) < 4.78 is 25.8. The van der Waals surface area contributed by atoms with Crippen molar-refractivity contribution in [3.05, 3.63) is 71.7 Å². The zero-order valence-electron chi connectivity index (χ0n) is 17.2. The van der Waals surface area contributed by atoms with Crippen LogP contribution in [0.2, 0.25) is 0 Å². The summed E-state index contributed by atoms with van der Waals surface area (Å²) in [5.74, 6) is 6.15. The Morgan fingerprint density at radius 2 is 1.84 bits per heavy atom. The number of hydrogen-bond acceptors (Lipinski definition) is 6. The molecule has 2 N–H and O–H groups in total. The summed E-state index contributed by atoms with van der Waals surface area (Å²) >= 11 is 0. The van der Waals surface area contributed by atoms with Gasteiger partial charge in [0.05, 0.1) is 27.7 Å². The molecule has 1 aliphatic heterocycles. The molecule has 3 aromatic rings. The molecule has 0 bridgehead atoms. The van der Waals surface area contributed by atoms with Crippen LogP contribution in [-0.2, 0) is 9.84 Å². The van der Waals surface area contributed by atoms with Gasteiger partial charge in [0.1, 0.15) is 11.4 Å². The van der Waals surface area contributed by atoms with E-state index in [-0.39, 0.29) is 15.3 Å². The van der Waals surface area contributed by atoms with Gasteiger partial charge in [-0.15, -0.1) is 0 Å². The van der Waals surface area contributed by atoms with Crippen LogP contribution in [0.25, 0.3) is 11.3 Å². The van der Waals surface area contributed by atoms with Crippen LogP contribution in [0.5, 0.6) is 5.75 Å². The lowest BCUT2D eigenvalue weighted by Gasteiger charge is -2.22. The van der Waals surface area contributed by atoms with Gasteiger partial charge >= 0.3 is 0 Å². The molecule has 0 unspecified atom stereocenters. The molecule has 2 aromatic carbocycles. The molecular weight excluding hydrogens is 410 g/mol. The third-order valence-corrected chi connectivity index (χ3v) is 7.61. The summed E-state index contributed by atoms with van der Waals surface area (Å²) in [4.78, 5) is 9.34. The molecular formula is C24H29N3O3S. The minimum absolute atomic E-state index is 0. The summed E-state index contributed by atoms with van der Waals surface area (Å²) in [5.41, 5.74) is 3.31. The predicted octanol–water partition coefficient (Wildman–Crippen LogP) is 3.82. The molecule has 0 spiro atoms. The molecule has 1 aliphatic rings. The van der Waals surface area contributed by atoms with Gasteiger partial charge < -0.3 is 10.4 Å². The Kier molecular flexibility index (Phi) is 6.03. The van der Waals surface area contributed by atoms with Crippen LogP contribution in [-0.4, -0.2) is 41.8 Å². The van der Waals surface area contributed by atoms with E-state index in [0.29, 0.717) is 40.4 Å². The van der Waals surface area contributed by atoms with Crippen molar-refractivity contribution < 1.29 is 17.8 Å². The summed E-state index contributed by atoms with van der Waals surface area (Å²) in [7, 11) is -3.34. The Hall–Kier alpha value is -3.21. The standard InChI is InChI=1S/C24H23N3O3S.3H2/c1-17-23(10-5-18-3-2-4-20(28)15-18)27-24(16-26-17)19-6-8-21(9-7-19)31(29,30)22-11-13-25-14-12-22;;;/h2-4,6-9,15-16,22,25,28H,11-14H2,1H3;3*1H. The van der Waals surface area contributed by atoms with Crippen molar-refractivity contribution in [3.8, 4) is 28.8 Å². The second-order valence-electron chi connectivity index (χ2n) is 7.51. The van der Waals surface area contributed by atoms with Crippen LogP contribution in [0.4, 0.5) is 0 Å². The third-order valence-electron chi connectivity index (χ3n) is 5.33. The van der Waals surface area contributed by atoms with Crippen molar-refractivity contribution in [1.82, 2.24) is 15.3 Å². The van der Waals surface area contributed by atoms with Crippen LogP contribution in [0.15, 0.2) is 59.6 Å². The van der Waals surface area contributed by atoms with Crippen LogP contribution in [0.3, 0.4) is 0 Å². The number of aryl methyl sites for hydroxylation is 1. The number of piperidine rings is 1. The quantitative estimate of drug-likeness (QED) is 0.603. The van der Waals surface area contributed by atoms with Crippen molar-refractivity contribution in [2.45, 2.75) is 29.9 Å². The van der Waals surface area contributed by atoms with Crippen molar-refractivity contribution in [3.63, 3.8) is 0 Å². The van der Waals surface area contributed by atoms with Gasteiger partial charge in [-0.2, -0.15) is 0 Å². The van der Waals surface area contributed by atoms with Crippen LogP contribution in [0, 0.1) is 18.8 Å². The van der Waals surface area contributed by atoms with Crippen molar-refractivity contribution >= 4 is 9.84 Å². The second kappa shape index (κ2) is 8.88. The Morgan fingerprint density at radius 3 is 2.55 bits per heavy atom. The van der Waals surface area contributed by atoms with Gasteiger partial charge in [-0.05, 0) is 69.1 Å². The summed E-state index contributed by atoms with van der Waals surface area (Å²) in [5, 5.41) is 12.4. The van der Waals surface area contributed by atoms with E-state index in [1.54, 1.807) is 54.7 Å². The number of nitrogens with one attached hydrogen (secondary N) is 1. The van der Waals surface area contributed by atoms with E-state index in [2.05, 4.69) is 27.1 Å². The first kappa shape index (κ1) is 21.0. The monoisotopic (exact) mass is 439 g/mol. The molecule has 164 valence electrons. The van der Waals surface area contributed by atoms with Gasteiger partial charge in [0.2, 0.25) is 0 Å². The molecule has 6 nitrogen and oxygen atoms in total. The van der Waals surface area contributed by atoms with Gasteiger partial charge in [-0.1, -0.05) is 24.1 Å². The van der Waals surface area contributed by atoms with E-state index in [1.807, 2.05) is 6.92 Å². The fraction of sp³-hybridized carbons (Fsp3) is 0.250. The Balaban J connectivity index is 0.00000193. The lowest BCUT2D eigenvalue weighted by Crippen LogP contribution is -2.35. The molecule has 0 saturated carbocycles. The highest BCUT2D eigenvalue weighted by molar-refractivity contribution is 7.92. The second-order valence-corrected chi connectivity index (χ2v) is 9.74. The van der Waals surface area contributed by atoms with Crippen molar-refractivity contribution in [2.24, 2.45) is 0 Å². The first-order valence-electron chi connectivity index (χ1n) is 10.1. The van der Waals surface area contributed by atoms with Crippen molar-refractivity contribution in [1.29, 1.82) is 0 Å². The molecule has 7 heteroatoms. The SMILES string of the molecule is Cc1ncc(-c2ccc(S(=O)(=O)C3CCNCC3)cc2)nc1C#Cc1cccc(O)c1.[HH].[HH].[HH]. The first-order chi connectivity index (χ1) is 14.9. The smallest absolute Gasteiger partial charge is 0.181 e. The van der Waals surface area contributed by atoms with E-state index >= 15 is 0 Å². The van der Waals surface area contributed by atoms with E-state index < -0.39 is 9.84 Å². The number of aromatic hydroxyl groups is 1. The van der Waals surface area contributed by atoms with Gasteiger partial charge in [0.15, 0.2) is 9.84 Å². The summed E-state index contributed by atoms with van der Waals surface area (Å²) in [6.45, 7) is 3.29. The van der Waals surface area contributed by atoms with Crippen LogP contribution in [0.1, 0.15) is 34.1 Å². The normalized spacial score (nSPS) is 14.6. The fourth-order valence-electron chi connectivity index (χ4n) is 3.54. The van der Waals surface area contributed by atoms with Gasteiger partial charge in [-0.25, -0.2) is 13.4 Å². The predicted molar refractivity (Wildman–Crippen MR) is 126 cm³/mol. The van der Waals surface area contributed by atoms with E-state index in [9.17, 15) is 13.5 Å². The summed E-state index contributed by atoms with van der Waals surface area (Å²) in [6.07, 6.45) is 2.93. The molecule has 0 aliphatic carbocycles. The largest absolute Gasteiger partial charge is 0.508 e. The number of rotatable bonds is 3. The zero-order chi connectivity index (χ0) is 21.8. The molecule has 1 saturated heterocycles. The molecule has 1 aromatic heterocycles. The molecule has 1 fully saturated rings. The molecule has 31 heavy (non-hydrogen) atoms. The highest BCUT2D eigenvalue weighted by atomic mass is 32.2. The maximum Gasteiger partial charge on any atom is 0.181 e. The zero-order valence-corrected chi connectivity index (χ0v) is 18.0. The average molecular weight is 440 g/mol. The van der Waals surface area contributed by atoms with Gasteiger partial charge in [0, 0.05) is 15.4 Å². The van der Waals surface area contributed by atoms with Gasteiger partial charge in [0.25, 0.3) is 0 Å². The maximum atomic E-state index is 12.9. The number of hydrogen-bond donors (Lipinski definition) is 2. The van der Waals surface area contributed by atoms with Gasteiger partial charge in [-0.3, -0.25) is 4.98 Å². The Labute approximate surface area is 186 Å². The third kappa shape index (κ3) is 4.76. The highest BCUT2D eigenvalue weighted by Crippen LogP contribution is 2.25. The van der Waals surface area contributed by atoms with E-state index in [1.165, 1.54) is 0 Å². The number of phenols is 1. The number of benzene rings is 2. The molecule has 0 amide bonds. The first-order valence-corrected chi connectivity index (χ1v) is 11.7. The number of sulfone groups is 1. The fourth-order valence-corrected chi connectivity index (χ4v) is 5.29. The molecule has 4 rings (SSSR count). The van der Waals surface area contributed by atoms with Crippen molar-refractivity contribution in [2.75, 3.05) is 13.1 Å². The lowest BCUT2D eigenvalue weighted by molar-refractivity contribution is 0.475. The minimum atomic E-state index is -3.34.